The standard InChI is InChI=1S/C23H28N2O2S/c1-2-6-18(7-3-1)14-15-24-16-17-26-19-10-12-20(13-11-19)27-23-25-21-8-4-5-9-22(21)28-23/h4-5,8-13,18,24H,1-3,6-7,14-17H2. The lowest BCUT2D eigenvalue weighted by atomic mass is 9.87. The summed E-state index contributed by atoms with van der Waals surface area (Å²) in [6.45, 7) is 2.67. The maximum absolute atomic E-state index is 5.87. The van der Waals surface area contributed by atoms with Gasteiger partial charge in [0.1, 0.15) is 18.1 Å². The van der Waals surface area contributed by atoms with Crippen molar-refractivity contribution in [1.29, 1.82) is 0 Å². The van der Waals surface area contributed by atoms with Crippen molar-refractivity contribution in [2.75, 3.05) is 19.7 Å². The zero-order chi connectivity index (χ0) is 19.0. The number of thiazole rings is 1. The fraction of sp³-hybridized carbons (Fsp3) is 0.435. The summed E-state index contributed by atoms with van der Waals surface area (Å²) >= 11 is 1.56. The van der Waals surface area contributed by atoms with E-state index in [1.165, 1.54) is 38.5 Å². The molecule has 1 fully saturated rings. The quantitative estimate of drug-likeness (QED) is 0.449. The highest BCUT2D eigenvalue weighted by Crippen LogP contribution is 2.31. The third kappa shape index (κ3) is 5.46. The van der Waals surface area contributed by atoms with Gasteiger partial charge in [-0.1, -0.05) is 55.6 Å². The topological polar surface area (TPSA) is 43.4 Å². The number of rotatable bonds is 9. The average Bonchev–Trinajstić information content (AvgIpc) is 3.15. The lowest BCUT2D eigenvalue weighted by Gasteiger charge is -2.21. The van der Waals surface area contributed by atoms with Crippen LogP contribution in [0, 0.1) is 5.92 Å². The van der Waals surface area contributed by atoms with Crippen LogP contribution in [0.5, 0.6) is 16.7 Å². The van der Waals surface area contributed by atoms with Crippen molar-refractivity contribution < 1.29 is 9.47 Å². The van der Waals surface area contributed by atoms with E-state index in [0.29, 0.717) is 11.8 Å². The Bertz CT molecular complexity index is 823. The summed E-state index contributed by atoms with van der Waals surface area (Å²) in [6, 6.07) is 15.8. The molecule has 0 bridgehead atoms. The summed E-state index contributed by atoms with van der Waals surface area (Å²) in [4.78, 5) is 4.50. The van der Waals surface area contributed by atoms with Gasteiger partial charge in [0.25, 0.3) is 5.19 Å². The highest BCUT2D eigenvalue weighted by Gasteiger charge is 2.12. The maximum atomic E-state index is 5.87. The SMILES string of the molecule is c1ccc2sc(Oc3ccc(OCCNCCC4CCCCC4)cc3)nc2c1. The molecule has 4 rings (SSSR count). The summed E-state index contributed by atoms with van der Waals surface area (Å²) in [5.74, 6) is 2.58. The number of hydrogen-bond donors (Lipinski definition) is 1. The molecule has 1 N–H and O–H groups in total. The van der Waals surface area contributed by atoms with E-state index < -0.39 is 0 Å². The molecule has 2 aromatic carbocycles. The predicted molar refractivity (Wildman–Crippen MR) is 116 cm³/mol. The molecule has 0 unspecified atom stereocenters. The summed E-state index contributed by atoms with van der Waals surface area (Å²) < 4.78 is 12.8. The Morgan fingerprint density at radius 2 is 1.71 bits per heavy atom. The third-order valence-corrected chi connectivity index (χ3v) is 6.22. The molecule has 1 aromatic heterocycles. The van der Waals surface area contributed by atoms with Crippen LogP contribution >= 0.6 is 11.3 Å². The van der Waals surface area contributed by atoms with Crippen LogP contribution in [-0.4, -0.2) is 24.7 Å². The largest absolute Gasteiger partial charge is 0.492 e. The van der Waals surface area contributed by atoms with Crippen molar-refractivity contribution >= 4 is 21.6 Å². The molecule has 0 spiro atoms. The Balaban J connectivity index is 1.16. The molecule has 5 heteroatoms. The van der Waals surface area contributed by atoms with Crippen molar-refractivity contribution in [3.63, 3.8) is 0 Å². The van der Waals surface area contributed by atoms with Gasteiger partial charge in [-0.2, -0.15) is 0 Å². The van der Waals surface area contributed by atoms with Crippen LogP contribution in [-0.2, 0) is 0 Å². The molecule has 3 aromatic rings. The molecule has 1 aliphatic carbocycles. The van der Waals surface area contributed by atoms with Crippen molar-refractivity contribution in [1.82, 2.24) is 10.3 Å². The first-order valence-corrected chi connectivity index (χ1v) is 11.2. The number of nitrogens with zero attached hydrogens (tertiary/aromatic N) is 1. The molecule has 0 saturated heterocycles. The van der Waals surface area contributed by atoms with Crippen molar-refractivity contribution in [2.45, 2.75) is 38.5 Å². The van der Waals surface area contributed by atoms with E-state index >= 15 is 0 Å². The molecule has 1 aliphatic rings. The molecule has 1 saturated carbocycles. The second kappa shape index (κ2) is 9.89. The number of para-hydroxylation sites is 1. The van der Waals surface area contributed by atoms with Crippen LogP contribution in [0.25, 0.3) is 10.2 Å². The number of benzene rings is 2. The van der Waals surface area contributed by atoms with Gasteiger partial charge in [0, 0.05) is 6.54 Å². The van der Waals surface area contributed by atoms with E-state index in [4.69, 9.17) is 9.47 Å². The molecule has 0 radical (unpaired) electrons. The Labute approximate surface area is 170 Å². The van der Waals surface area contributed by atoms with E-state index in [2.05, 4.69) is 16.4 Å². The van der Waals surface area contributed by atoms with E-state index in [-0.39, 0.29) is 0 Å². The Morgan fingerprint density at radius 1 is 0.929 bits per heavy atom. The van der Waals surface area contributed by atoms with Crippen molar-refractivity contribution in [2.24, 2.45) is 5.92 Å². The first-order chi connectivity index (χ1) is 13.9. The van der Waals surface area contributed by atoms with Gasteiger partial charge in [-0.3, -0.25) is 0 Å². The van der Waals surface area contributed by atoms with E-state index in [0.717, 1.165) is 40.7 Å². The van der Waals surface area contributed by atoms with Gasteiger partial charge in [-0.25, -0.2) is 4.98 Å². The number of nitrogens with one attached hydrogen (secondary N) is 1. The molecular formula is C23H28N2O2S. The second-order valence-corrected chi connectivity index (χ2v) is 8.41. The van der Waals surface area contributed by atoms with E-state index in [9.17, 15) is 0 Å². The lowest BCUT2D eigenvalue weighted by molar-refractivity contribution is 0.301. The summed E-state index contributed by atoms with van der Waals surface area (Å²) in [5.41, 5.74) is 0.971. The zero-order valence-corrected chi connectivity index (χ0v) is 17.0. The minimum atomic E-state index is 0.664. The summed E-state index contributed by atoms with van der Waals surface area (Å²) in [7, 11) is 0. The normalized spacial score (nSPS) is 15.0. The first-order valence-electron chi connectivity index (χ1n) is 10.3. The van der Waals surface area contributed by atoms with Crippen LogP contribution < -0.4 is 14.8 Å². The molecule has 4 nitrogen and oxygen atoms in total. The molecule has 148 valence electrons. The molecule has 28 heavy (non-hydrogen) atoms. The van der Waals surface area contributed by atoms with Gasteiger partial charge in [-0.15, -0.1) is 0 Å². The maximum Gasteiger partial charge on any atom is 0.279 e. The van der Waals surface area contributed by atoms with E-state index in [1.807, 2.05) is 42.5 Å². The van der Waals surface area contributed by atoms with Crippen LogP contribution in [0.2, 0.25) is 0 Å². The smallest absolute Gasteiger partial charge is 0.279 e. The minimum absolute atomic E-state index is 0.664. The van der Waals surface area contributed by atoms with Crippen LogP contribution in [0.15, 0.2) is 48.5 Å². The predicted octanol–water partition coefficient (Wildman–Crippen LogP) is 6.03. The highest BCUT2D eigenvalue weighted by atomic mass is 32.1. The number of ether oxygens (including phenoxy) is 2. The number of fused-ring (bicyclic) bond motifs is 1. The van der Waals surface area contributed by atoms with Gasteiger partial charge in [0.15, 0.2) is 0 Å². The molecule has 1 heterocycles. The summed E-state index contributed by atoms with van der Waals surface area (Å²) in [5, 5.41) is 4.17. The van der Waals surface area contributed by atoms with Crippen LogP contribution in [0.4, 0.5) is 0 Å². The van der Waals surface area contributed by atoms with Gasteiger partial charge >= 0.3 is 0 Å². The first kappa shape index (κ1) is 19.2. The summed E-state index contributed by atoms with van der Waals surface area (Å²) in [6.07, 6.45) is 8.42. The second-order valence-electron chi connectivity index (χ2n) is 7.41. The zero-order valence-electron chi connectivity index (χ0n) is 16.2. The van der Waals surface area contributed by atoms with Gasteiger partial charge in [-0.05, 0) is 55.3 Å². The van der Waals surface area contributed by atoms with Gasteiger partial charge in [0.2, 0.25) is 0 Å². The number of aromatic nitrogens is 1. The number of hydrogen-bond acceptors (Lipinski definition) is 5. The monoisotopic (exact) mass is 396 g/mol. The fourth-order valence-electron chi connectivity index (χ4n) is 3.75. The molecular weight excluding hydrogens is 368 g/mol. The lowest BCUT2D eigenvalue weighted by Crippen LogP contribution is -2.24. The Kier molecular flexibility index (Phi) is 6.79. The van der Waals surface area contributed by atoms with Crippen molar-refractivity contribution in [3.05, 3.63) is 48.5 Å². The average molecular weight is 397 g/mol. The molecule has 0 atom stereocenters. The van der Waals surface area contributed by atoms with Crippen molar-refractivity contribution in [3.8, 4) is 16.7 Å². The fourth-order valence-corrected chi connectivity index (χ4v) is 4.58. The van der Waals surface area contributed by atoms with E-state index in [1.54, 1.807) is 11.3 Å². The molecule has 0 aliphatic heterocycles. The van der Waals surface area contributed by atoms with Crippen LogP contribution in [0.3, 0.4) is 0 Å². The van der Waals surface area contributed by atoms with Gasteiger partial charge in [0.05, 0.1) is 10.2 Å². The van der Waals surface area contributed by atoms with Gasteiger partial charge < -0.3 is 14.8 Å². The van der Waals surface area contributed by atoms with Crippen LogP contribution in [0.1, 0.15) is 38.5 Å². The minimum Gasteiger partial charge on any atom is -0.492 e. The molecule has 0 amide bonds. The Morgan fingerprint density at radius 3 is 2.54 bits per heavy atom. The third-order valence-electron chi connectivity index (χ3n) is 5.30. The highest BCUT2D eigenvalue weighted by molar-refractivity contribution is 7.20. The Hall–Kier alpha value is -2.11.